The van der Waals surface area contributed by atoms with Crippen LogP contribution in [0.25, 0.3) is 0 Å². The van der Waals surface area contributed by atoms with Crippen LogP contribution in [0, 0.1) is 19.3 Å². The van der Waals surface area contributed by atoms with Gasteiger partial charge in [0, 0.05) is 25.3 Å². The van der Waals surface area contributed by atoms with Gasteiger partial charge < -0.3 is 14.2 Å². The van der Waals surface area contributed by atoms with Crippen LogP contribution < -0.4 is 0 Å². The lowest BCUT2D eigenvalue weighted by molar-refractivity contribution is -0.138. The normalized spacial score (nSPS) is 22.7. The van der Waals surface area contributed by atoms with Gasteiger partial charge >= 0.3 is 0 Å². The van der Waals surface area contributed by atoms with Crippen LogP contribution >= 0.6 is 0 Å². The number of pyridine rings is 1. The number of carbonyl (C=O) groups is 2. The van der Waals surface area contributed by atoms with Gasteiger partial charge in [-0.05, 0) is 51.3 Å². The number of hydrogen-bond donors (Lipinski definition) is 0. The average molecular weight is 367 g/mol. The van der Waals surface area contributed by atoms with Crippen LogP contribution in [0.5, 0.6) is 0 Å². The van der Waals surface area contributed by atoms with Crippen molar-refractivity contribution in [2.24, 2.45) is 5.41 Å². The Morgan fingerprint density at radius 3 is 2.81 bits per heavy atom. The number of carbonyl (C=O) groups excluding carboxylic acids is 2. The second kappa shape index (κ2) is 6.83. The van der Waals surface area contributed by atoms with Crippen molar-refractivity contribution in [1.29, 1.82) is 0 Å². The lowest BCUT2D eigenvalue weighted by atomic mass is 9.78. The van der Waals surface area contributed by atoms with Crippen molar-refractivity contribution in [2.75, 3.05) is 19.6 Å². The summed E-state index contributed by atoms with van der Waals surface area (Å²) in [5, 5.41) is 0. The molecule has 0 radical (unpaired) electrons. The fourth-order valence-corrected chi connectivity index (χ4v) is 4.39. The van der Waals surface area contributed by atoms with Gasteiger partial charge in [-0.15, -0.1) is 0 Å². The van der Waals surface area contributed by atoms with E-state index in [1.807, 2.05) is 34.9 Å². The van der Waals surface area contributed by atoms with Gasteiger partial charge in [0.15, 0.2) is 0 Å². The van der Waals surface area contributed by atoms with E-state index >= 15 is 0 Å². The molecule has 0 N–H and O–H groups in total. The lowest BCUT2D eigenvalue weighted by Gasteiger charge is -2.39. The minimum atomic E-state index is -0.449. The molecule has 6 nitrogen and oxygen atoms in total. The minimum Gasteiger partial charge on any atom is -0.469 e. The van der Waals surface area contributed by atoms with Gasteiger partial charge in [-0.2, -0.15) is 0 Å². The Labute approximate surface area is 159 Å². The molecular formula is C21H25N3O3. The van der Waals surface area contributed by atoms with Gasteiger partial charge in [0.2, 0.25) is 5.91 Å². The van der Waals surface area contributed by atoms with E-state index < -0.39 is 5.41 Å². The number of hydrogen-bond acceptors (Lipinski definition) is 4. The maximum absolute atomic E-state index is 13.2. The average Bonchev–Trinajstić information content (AvgIpc) is 3.21. The Balaban J connectivity index is 1.49. The Morgan fingerprint density at radius 1 is 1.22 bits per heavy atom. The van der Waals surface area contributed by atoms with E-state index in [0.29, 0.717) is 31.0 Å². The largest absolute Gasteiger partial charge is 0.469 e. The van der Waals surface area contributed by atoms with Gasteiger partial charge in [0.25, 0.3) is 5.91 Å². The van der Waals surface area contributed by atoms with Gasteiger partial charge in [0.1, 0.15) is 5.76 Å². The Morgan fingerprint density at radius 2 is 2.07 bits per heavy atom. The number of aromatic nitrogens is 1. The first-order valence-electron chi connectivity index (χ1n) is 9.54. The first-order chi connectivity index (χ1) is 13.0. The molecule has 0 bridgehead atoms. The molecule has 0 unspecified atom stereocenters. The highest BCUT2D eigenvalue weighted by atomic mass is 16.3. The molecule has 2 fully saturated rings. The summed E-state index contributed by atoms with van der Waals surface area (Å²) in [5.41, 5.74) is 2.02. The van der Waals surface area contributed by atoms with E-state index in [2.05, 4.69) is 4.98 Å². The molecule has 2 aromatic heterocycles. The smallest absolute Gasteiger partial charge is 0.257 e. The standard InChI is InChI=1S/C21H25N3O3/c1-15-5-3-6-17(22-15)13-23-11-9-21(20(23)26)8-4-10-24(14-21)19(25)18-7-12-27-16(18)2/h3,5-7,12H,4,8-11,13-14H2,1-2H3/t21-/m0/s1. The van der Waals surface area contributed by atoms with Crippen LogP contribution in [-0.4, -0.2) is 46.2 Å². The van der Waals surface area contributed by atoms with Crippen molar-refractivity contribution < 1.29 is 14.0 Å². The topological polar surface area (TPSA) is 66.7 Å². The first kappa shape index (κ1) is 17.8. The van der Waals surface area contributed by atoms with Crippen LogP contribution in [0.1, 0.15) is 46.8 Å². The molecule has 2 aliphatic rings. The molecule has 1 atom stereocenters. The van der Waals surface area contributed by atoms with Crippen molar-refractivity contribution in [3.8, 4) is 0 Å². The molecule has 0 aliphatic carbocycles. The summed E-state index contributed by atoms with van der Waals surface area (Å²) < 4.78 is 5.28. The molecule has 2 aliphatic heterocycles. The number of likely N-dealkylation sites (tertiary alicyclic amines) is 2. The summed E-state index contributed by atoms with van der Waals surface area (Å²) in [6.45, 7) is 6.20. The van der Waals surface area contributed by atoms with Crippen molar-refractivity contribution in [3.63, 3.8) is 0 Å². The van der Waals surface area contributed by atoms with Crippen LogP contribution in [0.3, 0.4) is 0 Å². The zero-order valence-electron chi connectivity index (χ0n) is 15.9. The van der Waals surface area contributed by atoms with Gasteiger partial charge in [-0.1, -0.05) is 6.07 Å². The van der Waals surface area contributed by atoms with E-state index in [1.54, 1.807) is 19.3 Å². The molecule has 4 rings (SSSR count). The molecule has 142 valence electrons. The van der Waals surface area contributed by atoms with E-state index in [9.17, 15) is 9.59 Å². The zero-order chi connectivity index (χ0) is 19.0. The third kappa shape index (κ3) is 3.24. The predicted octanol–water partition coefficient (Wildman–Crippen LogP) is 2.95. The van der Waals surface area contributed by atoms with E-state index in [1.165, 1.54) is 0 Å². The molecule has 0 aromatic carbocycles. The molecule has 1 spiro atoms. The van der Waals surface area contributed by atoms with Crippen molar-refractivity contribution >= 4 is 11.8 Å². The zero-order valence-corrected chi connectivity index (χ0v) is 15.9. The van der Waals surface area contributed by atoms with Gasteiger partial charge in [-0.25, -0.2) is 0 Å². The number of piperidine rings is 1. The quantitative estimate of drug-likeness (QED) is 0.837. The van der Waals surface area contributed by atoms with E-state index in [-0.39, 0.29) is 11.8 Å². The van der Waals surface area contributed by atoms with Crippen molar-refractivity contribution in [1.82, 2.24) is 14.8 Å². The monoisotopic (exact) mass is 367 g/mol. The van der Waals surface area contributed by atoms with Crippen molar-refractivity contribution in [2.45, 2.75) is 39.7 Å². The fraction of sp³-hybridized carbons (Fsp3) is 0.476. The summed E-state index contributed by atoms with van der Waals surface area (Å²) in [4.78, 5) is 34.4. The number of aryl methyl sites for hydroxylation is 2. The van der Waals surface area contributed by atoms with Gasteiger partial charge in [0.05, 0.1) is 29.5 Å². The third-order valence-corrected chi connectivity index (χ3v) is 5.85. The van der Waals surface area contributed by atoms with Crippen LogP contribution in [0.15, 0.2) is 34.9 Å². The molecule has 2 aromatic rings. The second-order valence-corrected chi connectivity index (χ2v) is 7.75. The number of nitrogens with zero attached hydrogens (tertiary/aromatic N) is 3. The Kier molecular flexibility index (Phi) is 4.50. The third-order valence-electron chi connectivity index (χ3n) is 5.85. The van der Waals surface area contributed by atoms with Crippen LogP contribution in [0.4, 0.5) is 0 Å². The van der Waals surface area contributed by atoms with E-state index in [4.69, 9.17) is 4.42 Å². The maximum atomic E-state index is 13.2. The second-order valence-electron chi connectivity index (χ2n) is 7.75. The summed E-state index contributed by atoms with van der Waals surface area (Å²) >= 11 is 0. The molecule has 0 saturated carbocycles. The summed E-state index contributed by atoms with van der Waals surface area (Å²) in [7, 11) is 0. The molecule has 6 heteroatoms. The van der Waals surface area contributed by atoms with Crippen LogP contribution in [0.2, 0.25) is 0 Å². The summed E-state index contributed by atoms with van der Waals surface area (Å²) in [5.74, 6) is 0.753. The molecule has 27 heavy (non-hydrogen) atoms. The fourth-order valence-electron chi connectivity index (χ4n) is 4.39. The molecular weight excluding hydrogens is 342 g/mol. The Bertz CT molecular complexity index is 875. The highest BCUT2D eigenvalue weighted by Gasteiger charge is 2.49. The van der Waals surface area contributed by atoms with Gasteiger partial charge in [-0.3, -0.25) is 14.6 Å². The minimum absolute atomic E-state index is 0.0353. The number of amides is 2. The summed E-state index contributed by atoms with van der Waals surface area (Å²) in [6.07, 6.45) is 4.04. The first-order valence-corrected chi connectivity index (χ1v) is 9.54. The summed E-state index contributed by atoms with van der Waals surface area (Å²) in [6, 6.07) is 7.61. The molecule has 2 amide bonds. The molecule has 4 heterocycles. The highest BCUT2D eigenvalue weighted by molar-refractivity contribution is 5.96. The predicted molar refractivity (Wildman–Crippen MR) is 100 cm³/mol. The highest BCUT2D eigenvalue weighted by Crippen LogP contribution is 2.41. The molecule has 2 saturated heterocycles. The number of furan rings is 1. The van der Waals surface area contributed by atoms with E-state index in [0.717, 1.165) is 37.2 Å². The van der Waals surface area contributed by atoms with Crippen LogP contribution in [-0.2, 0) is 11.3 Å². The SMILES string of the molecule is Cc1cccc(CN2CC[C@]3(CCCN(C(=O)c4ccoc4C)C3)C2=O)n1. The maximum Gasteiger partial charge on any atom is 0.257 e. The Hall–Kier alpha value is -2.63. The number of rotatable bonds is 3. The van der Waals surface area contributed by atoms with Crippen molar-refractivity contribution in [3.05, 3.63) is 53.2 Å². The lowest BCUT2D eigenvalue weighted by Crippen LogP contribution is -2.49.